The first-order chi connectivity index (χ1) is 10.5. The van der Waals surface area contributed by atoms with Gasteiger partial charge in [-0.1, -0.05) is 30.3 Å². The summed E-state index contributed by atoms with van der Waals surface area (Å²) in [6, 6.07) is 9.38. The van der Waals surface area contributed by atoms with Gasteiger partial charge in [-0.2, -0.15) is 16.2 Å². The lowest BCUT2D eigenvalue weighted by molar-refractivity contribution is 0.00456. The van der Waals surface area contributed by atoms with Gasteiger partial charge in [0.2, 0.25) is 5.95 Å². The highest BCUT2D eigenvalue weighted by Crippen LogP contribution is 2.33. The van der Waals surface area contributed by atoms with Gasteiger partial charge in [0.25, 0.3) is 0 Å². The first kappa shape index (κ1) is 15.1. The minimum absolute atomic E-state index is 0.116. The maximum absolute atomic E-state index is 14.0. The first-order valence-electron chi connectivity index (χ1n) is 7.08. The van der Waals surface area contributed by atoms with E-state index in [1.807, 2.05) is 44.2 Å². The molecule has 22 heavy (non-hydrogen) atoms. The Kier molecular flexibility index (Phi) is 3.95. The van der Waals surface area contributed by atoms with Crippen LogP contribution in [0.2, 0.25) is 0 Å². The molecule has 0 unspecified atom stereocenters. The van der Waals surface area contributed by atoms with E-state index in [0.29, 0.717) is 0 Å². The molecule has 1 aliphatic rings. The van der Waals surface area contributed by atoms with Crippen molar-refractivity contribution in [2.45, 2.75) is 25.5 Å². The van der Waals surface area contributed by atoms with Crippen molar-refractivity contribution in [1.82, 2.24) is 9.55 Å². The smallest absolute Gasteiger partial charge is 0.360 e. The zero-order chi connectivity index (χ0) is 15.7. The highest BCUT2D eigenvalue weighted by Gasteiger charge is 2.38. The van der Waals surface area contributed by atoms with Gasteiger partial charge in [0.1, 0.15) is 5.60 Å². The molecule has 4 nitrogen and oxygen atoms in total. The number of aromatic nitrogens is 2. The fourth-order valence-corrected chi connectivity index (χ4v) is 3.33. The summed E-state index contributed by atoms with van der Waals surface area (Å²) in [6.07, 6.45) is 1.35. The van der Waals surface area contributed by atoms with Crippen LogP contribution in [0.1, 0.15) is 35.9 Å². The van der Waals surface area contributed by atoms with Crippen LogP contribution in [0.15, 0.2) is 36.7 Å². The molecular weight excluding hydrogens is 303 g/mol. The molecule has 0 N–H and O–H groups in total. The lowest BCUT2D eigenvalue weighted by Crippen LogP contribution is -2.44. The van der Waals surface area contributed by atoms with Gasteiger partial charge in [0.15, 0.2) is 5.69 Å². The maximum Gasteiger partial charge on any atom is 0.360 e. The minimum Gasteiger partial charge on any atom is -0.453 e. The van der Waals surface area contributed by atoms with Crippen molar-refractivity contribution in [2.75, 3.05) is 11.5 Å². The monoisotopic (exact) mass is 320 g/mol. The molecule has 1 aromatic carbocycles. The second-order valence-corrected chi connectivity index (χ2v) is 6.70. The van der Waals surface area contributed by atoms with E-state index < -0.39 is 17.5 Å². The number of thioether (sulfide) groups is 1. The van der Waals surface area contributed by atoms with Crippen molar-refractivity contribution >= 4 is 17.7 Å². The van der Waals surface area contributed by atoms with Crippen molar-refractivity contribution in [3.63, 3.8) is 0 Å². The molecule has 1 fully saturated rings. The normalized spacial score (nSPS) is 17.6. The molecule has 0 aliphatic carbocycles. The molecule has 6 heteroatoms. The average molecular weight is 320 g/mol. The Labute approximate surface area is 132 Å². The summed E-state index contributed by atoms with van der Waals surface area (Å²) in [5, 5.41) is 0. The molecule has 0 amide bonds. The highest BCUT2D eigenvalue weighted by molar-refractivity contribution is 8.00. The number of carbonyl (C=O) groups is 1. The second-order valence-electron chi connectivity index (χ2n) is 5.71. The van der Waals surface area contributed by atoms with E-state index in [4.69, 9.17) is 4.74 Å². The Morgan fingerprint density at radius 1 is 1.41 bits per heavy atom. The van der Waals surface area contributed by atoms with E-state index in [1.54, 1.807) is 11.8 Å². The zero-order valence-electron chi connectivity index (χ0n) is 12.5. The molecule has 1 aliphatic heterocycles. The van der Waals surface area contributed by atoms with Gasteiger partial charge in [0.05, 0.1) is 12.4 Å². The van der Waals surface area contributed by atoms with Crippen molar-refractivity contribution in [3.05, 3.63) is 53.9 Å². The number of imidazole rings is 1. The number of ether oxygens (including phenoxy) is 1. The lowest BCUT2D eigenvalue weighted by atomic mass is 10.1. The molecule has 2 aromatic rings. The van der Waals surface area contributed by atoms with E-state index in [9.17, 15) is 9.18 Å². The average Bonchev–Trinajstić information content (AvgIpc) is 2.87. The van der Waals surface area contributed by atoms with E-state index in [-0.39, 0.29) is 11.7 Å². The topological polar surface area (TPSA) is 44.1 Å². The fourth-order valence-electron chi connectivity index (χ4n) is 2.43. The van der Waals surface area contributed by atoms with Gasteiger partial charge in [-0.05, 0) is 19.4 Å². The SMILES string of the molecule is C[C@H](c1ccccc1)n1cnc(F)c1C(=O)OC1(C)CSC1. The van der Waals surface area contributed by atoms with Crippen LogP contribution < -0.4 is 0 Å². The summed E-state index contributed by atoms with van der Waals surface area (Å²) < 4.78 is 21.0. The Balaban J connectivity index is 1.89. The minimum atomic E-state index is -0.789. The standard InChI is InChI=1S/C16H17FN2O2S/c1-11(12-6-4-3-5-7-12)19-10-18-14(17)13(19)15(20)21-16(2)8-22-9-16/h3-7,10-11H,8-9H2,1-2H3/t11-/m1/s1. The number of nitrogens with zero attached hydrogens (tertiary/aromatic N) is 2. The number of rotatable bonds is 4. The van der Waals surface area contributed by atoms with Crippen LogP contribution in [0.25, 0.3) is 0 Å². The van der Waals surface area contributed by atoms with Gasteiger partial charge < -0.3 is 9.30 Å². The van der Waals surface area contributed by atoms with Crippen LogP contribution in [-0.2, 0) is 4.74 Å². The molecule has 116 valence electrons. The van der Waals surface area contributed by atoms with E-state index in [1.165, 1.54) is 10.9 Å². The van der Waals surface area contributed by atoms with E-state index >= 15 is 0 Å². The Morgan fingerprint density at radius 2 is 2.09 bits per heavy atom. The molecular formula is C16H17FN2O2S. The number of benzene rings is 1. The second kappa shape index (κ2) is 5.76. The maximum atomic E-state index is 14.0. The van der Waals surface area contributed by atoms with Crippen LogP contribution in [-0.4, -0.2) is 32.6 Å². The fraction of sp³-hybridized carbons (Fsp3) is 0.375. The molecule has 1 atom stereocenters. The largest absolute Gasteiger partial charge is 0.453 e. The molecule has 1 saturated heterocycles. The molecule has 0 saturated carbocycles. The third-order valence-corrected chi connectivity index (χ3v) is 5.43. The molecule has 0 bridgehead atoms. The van der Waals surface area contributed by atoms with Crippen LogP contribution in [0.5, 0.6) is 0 Å². The van der Waals surface area contributed by atoms with Crippen molar-refractivity contribution in [2.24, 2.45) is 0 Å². The van der Waals surface area contributed by atoms with Gasteiger partial charge >= 0.3 is 5.97 Å². The third kappa shape index (κ3) is 2.75. The summed E-state index contributed by atoms with van der Waals surface area (Å²) >= 11 is 1.70. The van der Waals surface area contributed by atoms with Crippen molar-refractivity contribution in [3.8, 4) is 0 Å². The van der Waals surface area contributed by atoms with Crippen molar-refractivity contribution in [1.29, 1.82) is 0 Å². The number of hydrogen-bond acceptors (Lipinski definition) is 4. The molecule has 1 aromatic heterocycles. The number of halogens is 1. The van der Waals surface area contributed by atoms with Crippen LogP contribution in [0.3, 0.4) is 0 Å². The molecule has 0 spiro atoms. The predicted octanol–water partition coefficient (Wildman–Crippen LogP) is 3.29. The van der Waals surface area contributed by atoms with Gasteiger partial charge in [-0.25, -0.2) is 9.78 Å². The van der Waals surface area contributed by atoms with Crippen LogP contribution in [0, 0.1) is 5.95 Å². The molecule has 2 heterocycles. The summed E-state index contributed by atoms with van der Waals surface area (Å²) in [5.41, 5.74) is 0.355. The quantitative estimate of drug-likeness (QED) is 0.811. The Bertz CT molecular complexity index is 683. The van der Waals surface area contributed by atoms with Crippen LogP contribution in [0.4, 0.5) is 4.39 Å². The van der Waals surface area contributed by atoms with Crippen molar-refractivity contribution < 1.29 is 13.9 Å². The summed E-state index contributed by atoms with van der Waals surface area (Å²) in [6.45, 7) is 3.76. The highest BCUT2D eigenvalue weighted by atomic mass is 32.2. The third-order valence-electron chi connectivity index (χ3n) is 3.80. The summed E-state index contributed by atoms with van der Waals surface area (Å²) in [4.78, 5) is 16.0. The first-order valence-corrected chi connectivity index (χ1v) is 8.24. The van der Waals surface area contributed by atoms with Crippen LogP contribution >= 0.6 is 11.8 Å². The van der Waals surface area contributed by atoms with Gasteiger partial charge in [0, 0.05) is 11.5 Å². The molecule has 0 radical (unpaired) electrons. The Hall–Kier alpha value is -1.82. The molecule has 3 rings (SSSR count). The number of esters is 1. The zero-order valence-corrected chi connectivity index (χ0v) is 13.3. The Morgan fingerprint density at radius 3 is 2.68 bits per heavy atom. The lowest BCUT2D eigenvalue weighted by Gasteiger charge is -2.36. The van der Waals surface area contributed by atoms with E-state index in [0.717, 1.165) is 17.1 Å². The van der Waals surface area contributed by atoms with Gasteiger partial charge in [-0.3, -0.25) is 0 Å². The summed E-state index contributed by atoms with van der Waals surface area (Å²) in [7, 11) is 0. The predicted molar refractivity (Wildman–Crippen MR) is 83.6 cm³/mol. The summed E-state index contributed by atoms with van der Waals surface area (Å²) in [5.74, 6) is 0.0369. The van der Waals surface area contributed by atoms with E-state index in [2.05, 4.69) is 4.98 Å². The van der Waals surface area contributed by atoms with Gasteiger partial charge in [-0.15, -0.1) is 0 Å². The number of hydrogen-bond donors (Lipinski definition) is 0. The number of carbonyl (C=O) groups excluding carboxylic acids is 1.